The van der Waals surface area contributed by atoms with Gasteiger partial charge in [0, 0.05) is 18.4 Å². The number of halogens is 2. The van der Waals surface area contributed by atoms with Gasteiger partial charge >= 0.3 is 0 Å². The summed E-state index contributed by atoms with van der Waals surface area (Å²) in [5, 5.41) is 36.3. The highest BCUT2D eigenvalue weighted by Gasteiger charge is 2.34. The highest BCUT2D eigenvalue weighted by atomic mass is 32.2. The van der Waals surface area contributed by atoms with E-state index < -0.39 is 57.8 Å². The van der Waals surface area contributed by atoms with Crippen molar-refractivity contribution < 1.29 is 37.0 Å². The Morgan fingerprint density at radius 2 is 1.74 bits per heavy atom. The van der Waals surface area contributed by atoms with Crippen LogP contribution in [0, 0.1) is 23.0 Å². The van der Waals surface area contributed by atoms with Crippen molar-refractivity contribution in [1.82, 2.24) is 15.6 Å². The second-order valence-electron chi connectivity index (χ2n) is 7.62. The Morgan fingerprint density at radius 1 is 1.14 bits per heavy atom. The average molecular weight is 532 g/mol. The Labute approximate surface area is 203 Å². The van der Waals surface area contributed by atoms with Gasteiger partial charge in [-0.1, -0.05) is 0 Å². The SMILES string of the molecule is CC(=O)NC(CC#N)C(O)C(O)C(Cc1cc(F)cc(F)c1)NC(=O)c1csc(NS(C)(=O)=O)n1. The van der Waals surface area contributed by atoms with Crippen LogP contribution in [0.5, 0.6) is 0 Å². The Hall–Kier alpha value is -3.19. The number of hydrogen-bond acceptors (Lipinski definition) is 9. The number of rotatable bonds is 11. The number of aliphatic hydroxyl groups excluding tert-OH is 2. The topological polar surface area (TPSA) is 182 Å². The van der Waals surface area contributed by atoms with Crippen LogP contribution < -0.4 is 15.4 Å². The van der Waals surface area contributed by atoms with Gasteiger partial charge in [-0.05, 0) is 24.1 Å². The molecule has 11 nitrogen and oxygen atoms in total. The van der Waals surface area contributed by atoms with E-state index in [-0.39, 0.29) is 29.2 Å². The number of thiazole rings is 1. The van der Waals surface area contributed by atoms with E-state index in [2.05, 4.69) is 20.3 Å². The van der Waals surface area contributed by atoms with Crippen molar-refractivity contribution >= 4 is 38.3 Å². The number of amides is 2. The van der Waals surface area contributed by atoms with Crippen LogP contribution in [0.2, 0.25) is 0 Å². The van der Waals surface area contributed by atoms with Crippen molar-refractivity contribution in [2.24, 2.45) is 0 Å². The number of nitriles is 1. The number of sulfonamides is 1. The molecule has 35 heavy (non-hydrogen) atoms. The molecule has 15 heteroatoms. The van der Waals surface area contributed by atoms with Gasteiger partial charge < -0.3 is 20.8 Å². The first-order valence-corrected chi connectivity index (χ1v) is 12.8. The lowest BCUT2D eigenvalue weighted by Crippen LogP contribution is -2.56. The van der Waals surface area contributed by atoms with Crippen LogP contribution in [0.1, 0.15) is 29.4 Å². The monoisotopic (exact) mass is 531 g/mol. The molecule has 4 atom stereocenters. The van der Waals surface area contributed by atoms with Crippen molar-refractivity contribution in [3.8, 4) is 6.07 Å². The van der Waals surface area contributed by atoms with Crippen molar-refractivity contribution in [2.75, 3.05) is 11.0 Å². The zero-order valence-electron chi connectivity index (χ0n) is 18.5. The van der Waals surface area contributed by atoms with Crippen LogP contribution in [0.15, 0.2) is 23.6 Å². The predicted molar refractivity (Wildman–Crippen MR) is 122 cm³/mol. The van der Waals surface area contributed by atoms with Crippen molar-refractivity contribution in [3.63, 3.8) is 0 Å². The second-order valence-corrected chi connectivity index (χ2v) is 10.2. The standard InChI is InChI=1S/C20H23F2N5O6S2/c1-10(28)24-14(3-4-23)17(29)18(30)15(7-11-5-12(21)8-13(22)6-11)25-19(31)16-9-34-20(26-16)27-35(2,32)33/h5-6,8-9,14-15,17-18,29-30H,3,7H2,1-2H3,(H,24,28)(H,25,31)(H,26,27). The maximum Gasteiger partial charge on any atom is 0.271 e. The first kappa shape index (κ1) is 28.1. The molecule has 2 amide bonds. The van der Waals surface area contributed by atoms with E-state index in [0.717, 1.165) is 36.6 Å². The molecule has 4 unspecified atom stereocenters. The lowest BCUT2D eigenvalue weighted by Gasteiger charge is -2.31. The van der Waals surface area contributed by atoms with Gasteiger partial charge in [-0.25, -0.2) is 22.2 Å². The number of aliphatic hydroxyl groups is 2. The number of benzene rings is 1. The maximum absolute atomic E-state index is 13.7. The summed E-state index contributed by atoms with van der Waals surface area (Å²) < 4.78 is 52.2. The van der Waals surface area contributed by atoms with Crippen LogP contribution in [0.25, 0.3) is 0 Å². The Bertz CT molecular complexity index is 1200. The molecule has 190 valence electrons. The van der Waals surface area contributed by atoms with E-state index in [4.69, 9.17) is 5.26 Å². The zero-order valence-corrected chi connectivity index (χ0v) is 20.2. The average Bonchev–Trinajstić information content (AvgIpc) is 3.17. The Balaban J connectivity index is 2.32. The number of carbonyl (C=O) groups excluding carboxylic acids is 2. The molecule has 1 aromatic carbocycles. The minimum atomic E-state index is -3.65. The first-order chi connectivity index (χ1) is 16.3. The van der Waals surface area contributed by atoms with Gasteiger partial charge in [0.2, 0.25) is 15.9 Å². The summed E-state index contributed by atoms with van der Waals surface area (Å²) >= 11 is 0.816. The van der Waals surface area contributed by atoms with E-state index in [9.17, 15) is 37.0 Å². The molecule has 2 aromatic rings. The number of carbonyl (C=O) groups is 2. The van der Waals surface area contributed by atoms with Gasteiger partial charge in [0.25, 0.3) is 5.91 Å². The minimum Gasteiger partial charge on any atom is -0.388 e. The lowest BCUT2D eigenvalue weighted by molar-refractivity contribution is -0.121. The number of nitrogens with zero attached hydrogens (tertiary/aromatic N) is 2. The summed E-state index contributed by atoms with van der Waals surface area (Å²) in [6.07, 6.45) is -3.38. The molecule has 0 bridgehead atoms. The fraction of sp³-hybridized carbons (Fsp3) is 0.400. The molecule has 1 heterocycles. The number of anilines is 1. The molecular formula is C20H23F2N5O6S2. The largest absolute Gasteiger partial charge is 0.388 e. The normalized spacial score (nSPS) is 14.8. The highest BCUT2D eigenvalue weighted by molar-refractivity contribution is 7.92. The highest BCUT2D eigenvalue weighted by Crippen LogP contribution is 2.19. The van der Waals surface area contributed by atoms with Crippen molar-refractivity contribution in [2.45, 2.75) is 44.1 Å². The summed E-state index contributed by atoms with van der Waals surface area (Å²) in [6, 6.07) is 1.77. The smallest absolute Gasteiger partial charge is 0.271 e. The number of nitrogens with one attached hydrogen (secondary N) is 3. The maximum atomic E-state index is 13.7. The fourth-order valence-electron chi connectivity index (χ4n) is 3.16. The van der Waals surface area contributed by atoms with Gasteiger partial charge in [0.1, 0.15) is 29.5 Å². The van der Waals surface area contributed by atoms with Crippen LogP contribution >= 0.6 is 11.3 Å². The molecule has 5 N–H and O–H groups in total. The zero-order chi connectivity index (χ0) is 26.3. The summed E-state index contributed by atoms with van der Waals surface area (Å²) in [6.45, 7) is 1.14. The van der Waals surface area contributed by atoms with Crippen LogP contribution in [-0.4, -0.2) is 66.0 Å². The summed E-state index contributed by atoms with van der Waals surface area (Å²) in [5.41, 5.74) is -0.193. The Morgan fingerprint density at radius 3 is 2.29 bits per heavy atom. The van der Waals surface area contributed by atoms with Crippen LogP contribution in [-0.2, 0) is 21.2 Å². The molecule has 0 aliphatic rings. The third kappa shape index (κ3) is 8.83. The summed E-state index contributed by atoms with van der Waals surface area (Å²) in [7, 11) is -3.65. The summed E-state index contributed by atoms with van der Waals surface area (Å²) in [4.78, 5) is 28.0. The number of hydrogen-bond donors (Lipinski definition) is 5. The van der Waals surface area contributed by atoms with Crippen LogP contribution in [0.3, 0.4) is 0 Å². The van der Waals surface area contributed by atoms with E-state index in [1.807, 2.05) is 0 Å². The second kappa shape index (κ2) is 12.0. The molecule has 0 saturated heterocycles. The minimum absolute atomic E-state index is 0.0353. The molecule has 0 aliphatic carbocycles. The van der Waals surface area contributed by atoms with Crippen molar-refractivity contribution in [3.05, 3.63) is 46.5 Å². The molecule has 0 spiro atoms. The third-order valence-corrected chi connectivity index (χ3v) is 6.03. The van der Waals surface area contributed by atoms with E-state index in [1.54, 1.807) is 6.07 Å². The molecule has 0 saturated carbocycles. The van der Waals surface area contributed by atoms with Crippen LogP contribution in [0.4, 0.5) is 13.9 Å². The van der Waals surface area contributed by atoms with Gasteiger partial charge in [0.05, 0.1) is 30.8 Å². The van der Waals surface area contributed by atoms with E-state index in [0.29, 0.717) is 6.07 Å². The van der Waals surface area contributed by atoms with Gasteiger partial charge in [0.15, 0.2) is 5.13 Å². The third-order valence-electron chi connectivity index (χ3n) is 4.58. The number of aromatic nitrogens is 1. The van der Waals surface area contributed by atoms with Gasteiger partial charge in [-0.15, -0.1) is 11.3 Å². The van der Waals surface area contributed by atoms with E-state index >= 15 is 0 Å². The first-order valence-electron chi connectivity index (χ1n) is 9.98. The Kier molecular flexibility index (Phi) is 9.60. The molecule has 0 aliphatic heterocycles. The lowest BCUT2D eigenvalue weighted by atomic mass is 9.92. The molecule has 1 aromatic heterocycles. The van der Waals surface area contributed by atoms with Gasteiger partial charge in [-0.2, -0.15) is 5.26 Å². The molecule has 0 radical (unpaired) electrons. The fourth-order valence-corrected chi connectivity index (χ4v) is 4.70. The van der Waals surface area contributed by atoms with E-state index in [1.165, 1.54) is 5.38 Å². The quantitative estimate of drug-likeness (QED) is 0.274. The molecular weight excluding hydrogens is 508 g/mol. The van der Waals surface area contributed by atoms with Crippen molar-refractivity contribution in [1.29, 1.82) is 5.26 Å². The molecule has 2 rings (SSSR count). The van der Waals surface area contributed by atoms with Gasteiger partial charge in [-0.3, -0.25) is 14.3 Å². The molecule has 0 fully saturated rings. The predicted octanol–water partition coefficient (Wildman–Crippen LogP) is 0.274. The summed E-state index contributed by atoms with van der Waals surface area (Å²) in [5.74, 6) is -3.28.